The molecular weight excluding hydrogens is 272 g/mol. The summed E-state index contributed by atoms with van der Waals surface area (Å²) in [4.78, 5) is 14.8. The highest BCUT2D eigenvalue weighted by Crippen LogP contribution is 2.38. The van der Waals surface area contributed by atoms with Gasteiger partial charge in [0.1, 0.15) is 16.6 Å². The number of hydrogen-bond acceptors (Lipinski definition) is 4. The monoisotopic (exact) mass is 282 g/mol. The predicted molar refractivity (Wildman–Crippen MR) is 79.0 cm³/mol. The molecule has 0 spiro atoms. The fraction of sp³-hybridized carbons (Fsp3) is 0.0667. The highest BCUT2D eigenvalue weighted by molar-refractivity contribution is 7.17. The third-order valence-electron chi connectivity index (χ3n) is 3.19. The van der Waals surface area contributed by atoms with Crippen molar-refractivity contribution in [3.05, 3.63) is 51.1 Å². The SMILES string of the molecule is Cc1ccc(-c2csc3[nH]c(=O)c(C#N)c(O)c23)cc1. The van der Waals surface area contributed by atoms with Gasteiger partial charge in [0.05, 0.1) is 5.39 Å². The minimum Gasteiger partial charge on any atom is -0.506 e. The van der Waals surface area contributed by atoms with E-state index in [-0.39, 0.29) is 11.3 Å². The van der Waals surface area contributed by atoms with Crippen molar-refractivity contribution in [2.24, 2.45) is 0 Å². The van der Waals surface area contributed by atoms with Gasteiger partial charge < -0.3 is 10.1 Å². The molecule has 0 aliphatic rings. The van der Waals surface area contributed by atoms with Crippen LogP contribution in [0.3, 0.4) is 0 Å². The van der Waals surface area contributed by atoms with Crippen LogP contribution in [-0.2, 0) is 0 Å². The second kappa shape index (κ2) is 4.51. The molecule has 0 atom stereocenters. The molecule has 0 radical (unpaired) electrons. The van der Waals surface area contributed by atoms with Gasteiger partial charge in [-0.2, -0.15) is 5.26 Å². The van der Waals surface area contributed by atoms with Gasteiger partial charge in [-0.15, -0.1) is 11.3 Å². The highest BCUT2D eigenvalue weighted by atomic mass is 32.1. The highest BCUT2D eigenvalue weighted by Gasteiger charge is 2.17. The first-order valence-corrected chi connectivity index (χ1v) is 6.83. The quantitative estimate of drug-likeness (QED) is 0.719. The van der Waals surface area contributed by atoms with Crippen LogP contribution in [0.15, 0.2) is 34.4 Å². The molecule has 0 saturated carbocycles. The standard InChI is InChI=1S/C15H10N2O2S/c1-8-2-4-9(5-3-8)11-7-20-15-12(11)13(18)10(6-16)14(19)17-15/h2-5,7H,1H3,(H2,17,18,19). The van der Waals surface area contributed by atoms with E-state index in [1.807, 2.05) is 36.6 Å². The van der Waals surface area contributed by atoms with Crippen LogP contribution in [0.2, 0.25) is 0 Å². The van der Waals surface area contributed by atoms with Gasteiger partial charge in [-0.25, -0.2) is 0 Å². The maximum absolute atomic E-state index is 11.6. The van der Waals surface area contributed by atoms with Crippen LogP contribution in [0, 0.1) is 18.3 Å². The van der Waals surface area contributed by atoms with Crippen molar-refractivity contribution in [2.75, 3.05) is 0 Å². The maximum atomic E-state index is 11.6. The van der Waals surface area contributed by atoms with Crippen LogP contribution in [0.5, 0.6) is 5.75 Å². The summed E-state index contributed by atoms with van der Waals surface area (Å²) in [5, 5.41) is 21.5. The van der Waals surface area contributed by atoms with Crippen molar-refractivity contribution in [2.45, 2.75) is 6.92 Å². The summed E-state index contributed by atoms with van der Waals surface area (Å²) >= 11 is 1.34. The number of aromatic amines is 1. The third-order valence-corrected chi connectivity index (χ3v) is 4.09. The van der Waals surface area contributed by atoms with Crippen molar-refractivity contribution in [1.29, 1.82) is 5.26 Å². The number of aromatic nitrogens is 1. The lowest BCUT2D eigenvalue weighted by molar-refractivity contribution is 0.479. The minimum absolute atomic E-state index is 0.246. The Morgan fingerprint density at radius 1 is 1.30 bits per heavy atom. The van der Waals surface area contributed by atoms with Crippen molar-refractivity contribution >= 4 is 21.6 Å². The zero-order valence-corrected chi connectivity index (χ0v) is 11.4. The molecule has 20 heavy (non-hydrogen) atoms. The molecule has 0 amide bonds. The van der Waals surface area contributed by atoms with E-state index in [0.29, 0.717) is 10.2 Å². The number of rotatable bonds is 1. The average Bonchev–Trinajstić information content (AvgIpc) is 2.84. The van der Waals surface area contributed by atoms with Crippen LogP contribution < -0.4 is 5.56 Å². The summed E-state index contributed by atoms with van der Waals surface area (Å²) in [5.41, 5.74) is 2.09. The third kappa shape index (κ3) is 1.78. The van der Waals surface area contributed by atoms with E-state index in [1.54, 1.807) is 6.07 Å². The first kappa shape index (κ1) is 12.5. The number of pyridine rings is 1. The summed E-state index contributed by atoms with van der Waals surface area (Å²) < 4.78 is 0. The van der Waals surface area contributed by atoms with Crippen LogP contribution in [0.1, 0.15) is 11.1 Å². The van der Waals surface area contributed by atoms with E-state index in [4.69, 9.17) is 5.26 Å². The molecule has 3 rings (SSSR count). The van der Waals surface area contributed by atoms with Gasteiger partial charge in [0, 0.05) is 10.9 Å². The summed E-state index contributed by atoms with van der Waals surface area (Å²) in [5.74, 6) is -0.247. The molecule has 0 bridgehead atoms. The molecule has 2 aromatic heterocycles. The first-order chi connectivity index (χ1) is 9.61. The summed E-state index contributed by atoms with van der Waals surface area (Å²) in [6.07, 6.45) is 0. The minimum atomic E-state index is -0.560. The molecule has 2 heterocycles. The predicted octanol–water partition coefficient (Wildman–Crippen LogP) is 3.14. The molecule has 5 heteroatoms. The zero-order chi connectivity index (χ0) is 14.3. The number of aryl methyl sites for hydroxylation is 1. The second-order valence-electron chi connectivity index (χ2n) is 4.51. The van der Waals surface area contributed by atoms with E-state index in [9.17, 15) is 9.90 Å². The molecule has 0 aliphatic carbocycles. The van der Waals surface area contributed by atoms with Crippen LogP contribution in [0.4, 0.5) is 0 Å². The van der Waals surface area contributed by atoms with E-state index in [2.05, 4.69) is 4.98 Å². The molecule has 0 fully saturated rings. The number of benzene rings is 1. The second-order valence-corrected chi connectivity index (χ2v) is 5.39. The normalized spacial score (nSPS) is 10.6. The molecule has 98 valence electrons. The Labute approximate surface area is 118 Å². The molecule has 3 aromatic rings. The molecule has 0 unspecified atom stereocenters. The Bertz CT molecular complexity index is 898. The average molecular weight is 282 g/mol. The van der Waals surface area contributed by atoms with Crippen LogP contribution in [0.25, 0.3) is 21.3 Å². The Kier molecular flexibility index (Phi) is 2.81. The Balaban J connectivity index is 2.36. The van der Waals surface area contributed by atoms with Gasteiger partial charge in [-0.1, -0.05) is 29.8 Å². The number of nitrogens with zero attached hydrogens (tertiary/aromatic N) is 1. The molecule has 1 aromatic carbocycles. The molecule has 4 nitrogen and oxygen atoms in total. The van der Waals surface area contributed by atoms with E-state index < -0.39 is 5.56 Å². The number of hydrogen-bond donors (Lipinski definition) is 2. The van der Waals surface area contributed by atoms with Gasteiger partial charge >= 0.3 is 0 Å². The van der Waals surface area contributed by atoms with Gasteiger partial charge in [0.2, 0.25) is 0 Å². The van der Waals surface area contributed by atoms with Gasteiger partial charge in [0.15, 0.2) is 5.56 Å². The van der Waals surface area contributed by atoms with Crippen LogP contribution >= 0.6 is 11.3 Å². The van der Waals surface area contributed by atoms with E-state index >= 15 is 0 Å². The van der Waals surface area contributed by atoms with Gasteiger partial charge in [-0.3, -0.25) is 4.79 Å². The lowest BCUT2D eigenvalue weighted by Crippen LogP contribution is -2.09. The van der Waals surface area contributed by atoms with Crippen molar-refractivity contribution in [3.63, 3.8) is 0 Å². The van der Waals surface area contributed by atoms with Crippen molar-refractivity contribution < 1.29 is 5.11 Å². The number of fused-ring (bicyclic) bond motifs is 1. The van der Waals surface area contributed by atoms with E-state index in [0.717, 1.165) is 16.7 Å². The fourth-order valence-corrected chi connectivity index (χ4v) is 3.10. The first-order valence-electron chi connectivity index (χ1n) is 5.95. The summed E-state index contributed by atoms with van der Waals surface area (Å²) in [6, 6.07) is 9.61. The Morgan fingerprint density at radius 2 is 2.00 bits per heavy atom. The van der Waals surface area contributed by atoms with Crippen LogP contribution in [-0.4, -0.2) is 10.1 Å². The lowest BCUT2D eigenvalue weighted by atomic mass is 10.0. The van der Waals surface area contributed by atoms with Gasteiger partial charge in [-0.05, 0) is 12.5 Å². The van der Waals surface area contributed by atoms with Crippen molar-refractivity contribution in [1.82, 2.24) is 4.98 Å². The number of thiophene rings is 1. The zero-order valence-electron chi connectivity index (χ0n) is 10.6. The fourth-order valence-electron chi connectivity index (χ4n) is 2.13. The number of nitriles is 1. The molecule has 0 aliphatic heterocycles. The molecule has 0 saturated heterocycles. The topological polar surface area (TPSA) is 76.9 Å². The molecule has 2 N–H and O–H groups in total. The van der Waals surface area contributed by atoms with Crippen molar-refractivity contribution in [3.8, 4) is 22.9 Å². The smallest absolute Gasteiger partial charge is 0.270 e. The largest absolute Gasteiger partial charge is 0.506 e. The van der Waals surface area contributed by atoms with E-state index in [1.165, 1.54) is 11.3 Å². The van der Waals surface area contributed by atoms with Gasteiger partial charge in [0.25, 0.3) is 5.56 Å². The molecular formula is C15H10N2O2S. The Morgan fingerprint density at radius 3 is 2.65 bits per heavy atom. The number of nitrogens with one attached hydrogen (secondary N) is 1. The lowest BCUT2D eigenvalue weighted by Gasteiger charge is -2.03. The maximum Gasteiger partial charge on any atom is 0.270 e. The Hall–Kier alpha value is -2.58. The summed E-state index contributed by atoms with van der Waals surface area (Å²) in [6.45, 7) is 2.00. The summed E-state index contributed by atoms with van der Waals surface area (Å²) in [7, 11) is 0. The number of H-pyrrole nitrogens is 1. The number of aromatic hydroxyl groups is 1.